The minimum Gasteiger partial charge on any atom is -0.469 e. The Hall–Kier alpha value is -3.68. The molecular formula is C25H30N4O4. The molecule has 8 heteroatoms. The predicted octanol–water partition coefficient (Wildman–Crippen LogP) is 2.75. The highest BCUT2D eigenvalue weighted by Crippen LogP contribution is 2.18. The lowest BCUT2D eigenvalue weighted by atomic mass is 10.0. The van der Waals surface area contributed by atoms with Gasteiger partial charge >= 0.3 is 17.3 Å². The van der Waals surface area contributed by atoms with E-state index in [1.165, 1.54) is 17.2 Å². The standard InChI is InChI=1S/C25H30N4O4/c1-5-6-20-11-12-21(15-18(20)3)26-23-27-24(31)28(14-13-22(30)33-4)25(32)29(23)16-19-9-7-17(2)8-10-19/h7-12,15H,5-6,13-14,16H2,1-4H3,(H,26,27,31). The number of H-pyrrole nitrogens is 1. The Labute approximate surface area is 192 Å². The van der Waals surface area contributed by atoms with Gasteiger partial charge in [-0.05, 0) is 49.1 Å². The number of esters is 1. The van der Waals surface area contributed by atoms with Crippen LogP contribution in [0.5, 0.6) is 0 Å². The van der Waals surface area contributed by atoms with Crippen LogP contribution >= 0.6 is 0 Å². The van der Waals surface area contributed by atoms with Crippen LogP contribution in [0.4, 0.5) is 5.69 Å². The van der Waals surface area contributed by atoms with E-state index >= 15 is 0 Å². The molecule has 0 amide bonds. The molecule has 33 heavy (non-hydrogen) atoms. The molecule has 0 saturated heterocycles. The van der Waals surface area contributed by atoms with Gasteiger partial charge in [0.1, 0.15) is 0 Å². The molecule has 0 unspecified atom stereocenters. The number of aryl methyl sites for hydroxylation is 3. The van der Waals surface area contributed by atoms with Crippen LogP contribution in [0.1, 0.15) is 42.0 Å². The van der Waals surface area contributed by atoms with Gasteiger partial charge in [0.2, 0.25) is 5.62 Å². The largest absolute Gasteiger partial charge is 0.469 e. The van der Waals surface area contributed by atoms with E-state index in [2.05, 4.69) is 21.6 Å². The molecule has 3 rings (SSSR count). The van der Waals surface area contributed by atoms with Gasteiger partial charge in [-0.3, -0.25) is 14.3 Å². The Bertz CT molecular complexity index is 1310. The molecule has 3 aromatic rings. The number of hydrogen-bond donors (Lipinski definition) is 1. The van der Waals surface area contributed by atoms with Gasteiger partial charge in [-0.1, -0.05) is 49.2 Å². The maximum absolute atomic E-state index is 13.3. The first kappa shape index (κ1) is 24.0. The molecule has 174 valence electrons. The molecule has 1 aromatic heterocycles. The monoisotopic (exact) mass is 450 g/mol. The fraction of sp³-hybridized carbons (Fsp3) is 0.360. The van der Waals surface area contributed by atoms with Gasteiger partial charge in [-0.15, -0.1) is 0 Å². The van der Waals surface area contributed by atoms with Gasteiger partial charge in [-0.25, -0.2) is 19.1 Å². The molecule has 0 bridgehead atoms. The van der Waals surface area contributed by atoms with E-state index in [-0.39, 0.29) is 25.1 Å². The zero-order valence-electron chi connectivity index (χ0n) is 19.6. The third-order valence-corrected chi connectivity index (χ3v) is 5.49. The second kappa shape index (κ2) is 10.8. The van der Waals surface area contributed by atoms with Crippen LogP contribution in [0, 0.1) is 13.8 Å². The van der Waals surface area contributed by atoms with Crippen molar-refractivity contribution in [2.24, 2.45) is 4.99 Å². The van der Waals surface area contributed by atoms with Crippen LogP contribution in [0.15, 0.2) is 57.0 Å². The minimum absolute atomic E-state index is 0.0835. The number of aromatic nitrogens is 3. The summed E-state index contributed by atoms with van der Waals surface area (Å²) in [4.78, 5) is 44.8. The predicted molar refractivity (Wildman–Crippen MR) is 127 cm³/mol. The summed E-state index contributed by atoms with van der Waals surface area (Å²) < 4.78 is 7.05. The van der Waals surface area contributed by atoms with E-state index in [1.807, 2.05) is 56.3 Å². The van der Waals surface area contributed by atoms with Crippen molar-refractivity contribution in [1.29, 1.82) is 0 Å². The zero-order chi connectivity index (χ0) is 24.0. The van der Waals surface area contributed by atoms with Gasteiger partial charge in [0, 0.05) is 6.54 Å². The molecule has 8 nitrogen and oxygen atoms in total. The molecule has 0 radical (unpaired) electrons. The lowest BCUT2D eigenvalue weighted by molar-refractivity contribution is -0.140. The van der Waals surface area contributed by atoms with Crippen molar-refractivity contribution in [2.45, 2.75) is 53.1 Å². The fourth-order valence-corrected chi connectivity index (χ4v) is 3.58. The van der Waals surface area contributed by atoms with Crippen LogP contribution < -0.4 is 17.0 Å². The van der Waals surface area contributed by atoms with Gasteiger partial charge < -0.3 is 4.74 Å². The van der Waals surface area contributed by atoms with Crippen molar-refractivity contribution >= 4 is 11.7 Å². The topological polar surface area (TPSA) is 98.5 Å². The second-order valence-electron chi connectivity index (χ2n) is 8.06. The first-order valence-corrected chi connectivity index (χ1v) is 11.0. The van der Waals surface area contributed by atoms with Gasteiger partial charge in [0.05, 0.1) is 25.8 Å². The summed E-state index contributed by atoms with van der Waals surface area (Å²) in [5.41, 5.74) is 3.99. The van der Waals surface area contributed by atoms with E-state index in [1.54, 1.807) is 0 Å². The van der Waals surface area contributed by atoms with Gasteiger partial charge in [0.15, 0.2) is 0 Å². The number of rotatable bonds is 8. The normalized spacial score (nSPS) is 11.6. The third kappa shape index (κ3) is 5.97. The number of carbonyl (C=O) groups is 1. The van der Waals surface area contributed by atoms with Crippen LogP contribution in [0.25, 0.3) is 0 Å². The van der Waals surface area contributed by atoms with Crippen molar-refractivity contribution in [2.75, 3.05) is 7.11 Å². The molecule has 2 aromatic carbocycles. The summed E-state index contributed by atoms with van der Waals surface area (Å²) in [5.74, 6) is -0.497. The van der Waals surface area contributed by atoms with Crippen molar-refractivity contribution in [3.8, 4) is 0 Å². The van der Waals surface area contributed by atoms with Crippen LogP contribution in [0.3, 0.4) is 0 Å². The molecule has 0 aliphatic carbocycles. The Morgan fingerprint density at radius 2 is 1.79 bits per heavy atom. The number of benzene rings is 2. The molecule has 0 aliphatic heterocycles. The fourth-order valence-electron chi connectivity index (χ4n) is 3.58. The summed E-state index contributed by atoms with van der Waals surface area (Å²) in [5, 5.41) is 0. The van der Waals surface area contributed by atoms with Crippen molar-refractivity contribution in [3.63, 3.8) is 0 Å². The molecule has 0 atom stereocenters. The summed E-state index contributed by atoms with van der Waals surface area (Å²) in [6.45, 7) is 6.28. The van der Waals surface area contributed by atoms with E-state index in [0.717, 1.165) is 34.1 Å². The second-order valence-corrected chi connectivity index (χ2v) is 8.06. The van der Waals surface area contributed by atoms with E-state index in [4.69, 9.17) is 0 Å². The quantitative estimate of drug-likeness (QED) is 0.534. The highest BCUT2D eigenvalue weighted by molar-refractivity contribution is 5.68. The number of aromatic amines is 1. The maximum atomic E-state index is 13.3. The Kier molecular flexibility index (Phi) is 7.82. The van der Waals surface area contributed by atoms with Gasteiger partial charge in [-0.2, -0.15) is 0 Å². The SMILES string of the molecule is CCCc1ccc(/N=c2\[nH]c(=O)n(CCC(=O)OC)c(=O)n2Cc2ccc(C)cc2)cc1C. The molecule has 0 spiro atoms. The molecule has 0 fully saturated rings. The van der Waals surface area contributed by atoms with Crippen LogP contribution in [-0.2, 0) is 29.0 Å². The summed E-state index contributed by atoms with van der Waals surface area (Å²) in [6.07, 6.45) is 1.94. The van der Waals surface area contributed by atoms with Crippen LogP contribution in [0.2, 0.25) is 0 Å². The number of methoxy groups -OCH3 is 1. The first-order chi connectivity index (χ1) is 15.8. The highest BCUT2D eigenvalue weighted by atomic mass is 16.5. The average Bonchev–Trinajstić information content (AvgIpc) is 2.79. The highest BCUT2D eigenvalue weighted by Gasteiger charge is 2.12. The molecule has 0 aliphatic rings. The summed E-state index contributed by atoms with van der Waals surface area (Å²) in [6, 6.07) is 13.6. The number of nitrogens with zero attached hydrogens (tertiary/aromatic N) is 3. The average molecular weight is 451 g/mol. The number of nitrogens with one attached hydrogen (secondary N) is 1. The Morgan fingerprint density at radius 1 is 1.06 bits per heavy atom. The molecular weight excluding hydrogens is 420 g/mol. The third-order valence-electron chi connectivity index (χ3n) is 5.49. The lowest BCUT2D eigenvalue weighted by Gasteiger charge is -2.11. The Morgan fingerprint density at radius 3 is 2.42 bits per heavy atom. The van der Waals surface area contributed by atoms with Crippen molar-refractivity contribution < 1.29 is 9.53 Å². The summed E-state index contributed by atoms with van der Waals surface area (Å²) >= 11 is 0. The lowest BCUT2D eigenvalue weighted by Crippen LogP contribution is -2.50. The molecule has 0 saturated carbocycles. The zero-order valence-corrected chi connectivity index (χ0v) is 19.6. The van der Waals surface area contributed by atoms with Crippen molar-refractivity contribution in [3.05, 3.63) is 91.3 Å². The van der Waals surface area contributed by atoms with E-state index in [9.17, 15) is 14.4 Å². The minimum atomic E-state index is -0.623. The van der Waals surface area contributed by atoms with E-state index in [0.29, 0.717) is 5.69 Å². The first-order valence-electron chi connectivity index (χ1n) is 11.0. The molecule has 1 N–H and O–H groups in total. The number of ether oxygens (including phenoxy) is 1. The maximum Gasteiger partial charge on any atom is 0.335 e. The Balaban J connectivity index is 2.13. The van der Waals surface area contributed by atoms with E-state index < -0.39 is 17.3 Å². The van der Waals surface area contributed by atoms with Crippen LogP contribution in [-0.4, -0.2) is 27.2 Å². The van der Waals surface area contributed by atoms with Crippen molar-refractivity contribution in [1.82, 2.24) is 14.1 Å². The number of hydrogen-bond acceptors (Lipinski definition) is 5. The molecule has 1 heterocycles. The number of carbonyl (C=O) groups excluding carboxylic acids is 1. The summed E-state index contributed by atoms with van der Waals surface area (Å²) in [7, 11) is 1.27. The smallest absolute Gasteiger partial charge is 0.335 e. The van der Waals surface area contributed by atoms with Gasteiger partial charge in [0.25, 0.3) is 0 Å².